The van der Waals surface area contributed by atoms with Gasteiger partial charge in [0.2, 0.25) is 5.88 Å². The van der Waals surface area contributed by atoms with Crippen molar-refractivity contribution >= 4 is 11.6 Å². The number of hydrogen-bond acceptors (Lipinski definition) is 2. The zero-order chi connectivity index (χ0) is 10.7. The van der Waals surface area contributed by atoms with Gasteiger partial charge >= 0.3 is 0 Å². The average molecular weight is 222 g/mol. The van der Waals surface area contributed by atoms with Crippen molar-refractivity contribution in [1.29, 1.82) is 0 Å². The van der Waals surface area contributed by atoms with Gasteiger partial charge in [0.15, 0.2) is 0 Å². The second kappa shape index (κ2) is 4.55. The Bertz CT molecular complexity index is 331. The van der Waals surface area contributed by atoms with Gasteiger partial charge in [0, 0.05) is 23.2 Å². The molecule has 0 bridgehead atoms. The van der Waals surface area contributed by atoms with E-state index in [0.29, 0.717) is 17.0 Å². The molecular weight excluding hydrogens is 212 g/mol. The highest BCUT2D eigenvalue weighted by molar-refractivity contribution is 6.17. The summed E-state index contributed by atoms with van der Waals surface area (Å²) in [5.74, 6) is 0.370. The third kappa shape index (κ3) is 1.95. The van der Waals surface area contributed by atoms with E-state index in [0.717, 1.165) is 6.20 Å². The third-order valence-corrected chi connectivity index (χ3v) is 2.27. The van der Waals surface area contributed by atoms with Crippen molar-refractivity contribution in [2.45, 2.75) is 19.2 Å². The summed E-state index contributed by atoms with van der Waals surface area (Å²) in [4.78, 5) is 3.77. The van der Waals surface area contributed by atoms with Crippen molar-refractivity contribution < 1.29 is 13.5 Å². The van der Waals surface area contributed by atoms with Crippen LogP contribution in [0, 0.1) is 6.92 Å². The first kappa shape index (κ1) is 11.2. The van der Waals surface area contributed by atoms with Crippen LogP contribution in [-0.4, -0.2) is 12.1 Å². The standard InChI is InChI=1S/C9H10ClF2NO/c1-5-6(3-10)7(8(11)12)4-13-9(5)14-2/h4,8H,3H2,1-2H3. The zero-order valence-corrected chi connectivity index (χ0v) is 8.61. The van der Waals surface area contributed by atoms with Crippen LogP contribution in [0.25, 0.3) is 0 Å². The highest BCUT2D eigenvalue weighted by Gasteiger charge is 2.17. The summed E-state index contributed by atoms with van der Waals surface area (Å²) in [6.45, 7) is 1.66. The number of rotatable bonds is 3. The topological polar surface area (TPSA) is 22.1 Å². The van der Waals surface area contributed by atoms with Crippen LogP contribution >= 0.6 is 11.6 Å². The van der Waals surface area contributed by atoms with E-state index in [1.54, 1.807) is 6.92 Å². The van der Waals surface area contributed by atoms with Crippen LogP contribution in [0.4, 0.5) is 8.78 Å². The lowest BCUT2D eigenvalue weighted by atomic mass is 10.1. The number of hydrogen-bond donors (Lipinski definition) is 0. The lowest BCUT2D eigenvalue weighted by molar-refractivity contribution is 0.149. The van der Waals surface area contributed by atoms with E-state index in [1.165, 1.54) is 7.11 Å². The summed E-state index contributed by atoms with van der Waals surface area (Å²) in [6.07, 6.45) is -1.45. The number of pyridine rings is 1. The quantitative estimate of drug-likeness (QED) is 0.732. The Morgan fingerprint density at radius 3 is 2.64 bits per heavy atom. The predicted octanol–water partition coefficient (Wildman–Crippen LogP) is 3.08. The lowest BCUT2D eigenvalue weighted by Crippen LogP contribution is -2.01. The molecular formula is C9H10ClF2NO. The molecule has 14 heavy (non-hydrogen) atoms. The van der Waals surface area contributed by atoms with E-state index in [1.807, 2.05) is 0 Å². The zero-order valence-electron chi connectivity index (χ0n) is 7.85. The van der Waals surface area contributed by atoms with Crippen LogP contribution in [0.3, 0.4) is 0 Å². The normalized spacial score (nSPS) is 10.7. The number of halogens is 3. The Morgan fingerprint density at radius 2 is 2.21 bits per heavy atom. The molecule has 0 aromatic carbocycles. The second-order valence-corrected chi connectivity index (χ2v) is 3.03. The molecule has 0 saturated heterocycles. The van der Waals surface area contributed by atoms with E-state index in [-0.39, 0.29) is 11.4 Å². The molecule has 1 aromatic rings. The van der Waals surface area contributed by atoms with Gasteiger partial charge in [-0.05, 0) is 12.5 Å². The van der Waals surface area contributed by atoms with Crippen molar-refractivity contribution in [2.75, 3.05) is 7.11 Å². The molecule has 1 aromatic heterocycles. The maximum absolute atomic E-state index is 12.5. The first-order chi connectivity index (χ1) is 6.61. The number of alkyl halides is 3. The molecule has 0 N–H and O–H groups in total. The number of ether oxygens (including phenoxy) is 1. The third-order valence-electron chi connectivity index (χ3n) is 2.00. The van der Waals surface area contributed by atoms with Gasteiger partial charge in [0.1, 0.15) is 0 Å². The van der Waals surface area contributed by atoms with Gasteiger partial charge in [0.05, 0.1) is 7.11 Å². The minimum absolute atomic E-state index is 0.0321. The van der Waals surface area contributed by atoms with Gasteiger partial charge in [-0.1, -0.05) is 0 Å². The largest absolute Gasteiger partial charge is 0.481 e. The molecule has 0 aliphatic rings. The van der Waals surface area contributed by atoms with Crippen molar-refractivity contribution in [3.05, 3.63) is 22.9 Å². The number of aromatic nitrogens is 1. The van der Waals surface area contributed by atoms with Crippen LogP contribution in [0.2, 0.25) is 0 Å². The molecule has 0 fully saturated rings. The van der Waals surface area contributed by atoms with E-state index in [9.17, 15) is 8.78 Å². The smallest absolute Gasteiger partial charge is 0.265 e. The summed E-state index contributed by atoms with van der Waals surface area (Å²) < 4.78 is 29.9. The van der Waals surface area contributed by atoms with Crippen LogP contribution < -0.4 is 4.74 Å². The molecule has 5 heteroatoms. The SMILES string of the molecule is COc1ncc(C(F)F)c(CCl)c1C. The molecule has 0 aliphatic heterocycles. The van der Waals surface area contributed by atoms with E-state index < -0.39 is 6.43 Å². The van der Waals surface area contributed by atoms with Gasteiger partial charge in [-0.25, -0.2) is 13.8 Å². The highest BCUT2D eigenvalue weighted by atomic mass is 35.5. The Hall–Kier alpha value is -0.900. The summed E-state index contributed by atoms with van der Waals surface area (Å²) in [6, 6.07) is 0. The summed E-state index contributed by atoms with van der Waals surface area (Å²) >= 11 is 5.59. The fraction of sp³-hybridized carbons (Fsp3) is 0.444. The summed E-state index contributed by atoms with van der Waals surface area (Å²) in [5.41, 5.74) is 0.840. The van der Waals surface area contributed by atoms with Crippen LogP contribution in [0.15, 0.2) is 6.20 Å². The van der Waals surface area contributed by atoms with Gasteiger partial charge in [-0.2, -0.15) is 0 Å². The Morgan fingerprint density at radius 1 is 1.57 bits per heavy atom. The molecule has 2 nitrogen and oxygen atoms in total. The Balaban J connectivity index is 3.28. The summed E-state index contributed by atoms with van der Waals surface area (Å²) in [5, 5.41) is 0. The molecule has 0 spiro atoms. The van der Waals surface area contributed by atoms with Gasteiger partial charge in [-0.15, -0.1) is 11.6 Å². The molecule has 0 amide bonds. The molecule has 0 aliphatic carbocycles. The average Bonchev–Trinajstić information content (AvgIpc) is 2.17. The van der Waals surface area contributed by atoms with E-state index >= 15 is 0 Å². The molecule has 0 radical (unpaired) electrons. The van der Waals surface area contributed by atoms with Gasteiger partial charge in [0.25, 0.3) is 6.43 Å². The number of nitrogens with zero attached hydrogens (tertiary/aromatic N) is 1. The molecule has 1 rings (SSSR count). The minimum Gasteiger partial charge on any atom is -0.481 e. The van der Waals surface area contributed by atoms with Crippen LogP contribution in [0.1, 0.15) is 23.1 Å². The second-order valence-electron chi connectivity index (χ2n) is 2.76. The van der Waals surface area contributed by atoms with Crippen molar-refractivity contribution in [1.82, 2.24) is 4.98 Å². The molecule has 0 saturated carbocycles. The monoisotopic (exact) mass is 221 g/mol. The predicted molar refractivity (Wildman–Crippen MR) is 50.0 cm³/mol. The van der Waals surface area contributed by atoms with Crippen molar-refractivity contribution in [3.8, 4) is 5.88 Å². The van der Waals surface area contributed by atoms with E-state index in [4.69, 9.17) is 16.3 Å². The lowest BCUT2D eigenvalue weighted by Gasteiger charge is -2.11. The molecule has 78 valence electrons. The first-order valence-electron chi connectivity index (χ1n) is 3.98. The number of methoxy groups -OCH3 is 1. The first-order valence-corrected chi connectivity index (χ1v) is 4.51. The van der Waals surface area contributed by atoms with Gasteiger partial charge < -0.3 is 4.74 Å². The minimum atomic E-state index is -2.55. The molecule has 1 heterocycles. The van der Waals surface area contributed by atoms with Crippen LogP contribution in [0.5, 0.6) is 5.88 Å². The molecule has 0 atom stereocenters. The van der Waals surface area contributed by atoms with Crippen LogP contribution in [-0.2, 0) is 5.88 Å². The maximum Gasteiger partial charge on any atom is 0.265 e. The molecule has 0 unspecified atom stereocenters. The van der Waals surface area contributed by atoms with Crippen molar-refractivity contribution in [3.63, 3.8) is 0 Å². The van der Waals surface area contributed by atoms with Gasteiger partial charge in [-0.3, -0.25) is 0 Å². The highest BCUT2D eigenvalue weighted by Crippen LogP contribution is 2.29. The Labute approximate surface area is 85.9 Å². The van der Waals surface area contributed by atoms with E-state index in [2.05, 4.69) is 4.98 Å². The fourth-order valence-electron chi connectivity index (χ4n) is 1.22. The fourth-order valence-corrected chi connectivity index (χ4v) is 1.57. The maximum atomic E-state index is 12.5. The Kier molecular flexibility index (Phi) is 3.63. The van der Waals surface area contributed by atoms with Crippen molar-refractivity contribution in [2.24, 2.45) is 0 Å². The summed E-state index contributed by atoms with van der Waals surface area (Å²) in [7, 11) is 1.44.